The molecule has 0 radical (unpaired) electrons. The number of nitrogens with zero attached hydrogens (tertiary/aromatic N) is 1. The molecule has 8 heteroatoms. The fourth-order valence-electron chi connectivity index (χ4n) is 1.56. The molecule has 2 N–H and O–H groups in total. The summed E-state index contributed by atoms with van der Waals surface area (Å²) < 4.78 is 38.3. The maximum atomic E-state index is 12.8. The van der Waals surface area contributed by atoms with Crippen molar-refractivity contribution in [1.82, 2.24) is 4.98 Å². The summed E-state index contributed by atoms with van der Waals surface area (Å²) in [5.74, 6) is -1.16. The molecule has 0 atom stereocenters. The Hall–Kier alpha value is -2.09. The monoisotopic (exact) mass is 302 g/mol. The molecule has 0 saturated carbocycles. The summed E-state index contributed by atoms with van der Waals surface area (Å²) in [6.45, 7) is 0.0247. The minimum atomic E-state index is -4.45. The summed E-state index contributed by atoms with van der Waals surface area (Å²) in [5, 5.41) is 12.7. The third kappa shape index (κ3) is 3.27. The van der Waals surface area contributed by atoms with Crippen molar-refractivity contribution in [2.45, 2.75) is 12.7 Å². The van der Waals surface area contributed by atoms with Crippen molar-refractivity contribution in [2.24, 2.45) is 0 Å². The summed E-state index contributed by atoms with van der Waals surface area (Å²) >= 11 is 0.930. The molecule has 2 aromatic rings. The lowest BCUT2D eigenvalue weighted by Crippen LogP contribution is -2.10. The van der Waals surface area contributed by atoms with E-state index in [1.54, 1.807) is 0 Å². The number of benzene rings is 1. The number of alkyl halides is 3. The second kappa shape index (κ2) is 5.49. The number of nitrogens with one attached hydrogen (secondary N) is 1. The van der Waals surface area contributed by atoms with Gasteiger partial charge in [0.25, 0.3) is 0 Å². The summed E-state index contributed by atoms with van der Waals surface area (Å²) in [4.78, 5) is 14.4. The summed E-state index contributed by atoms with van der Waals surface area (Å²) in [7, 11) is 0. The van der Waals surface area contributed by atoms with Crippen molar-refractivity contribution in [1.29, 1.82) is 0 Å². The minimum absolute atomic E-state index is 0.0247. The normalized spacial score (nSPS) is 11.3. The number of hydrogen-bond donors (Lipinski definition) is 2. The third-order valence-electron chi connectivity index (χ3n) is 2.43. The van der Waals surface area contributed by atoms with E-state index in [9.17, 15) is 18.0 Å². The van der Waals surface area contributed by atoms with Gasteiger partial charge in [-0.15, -0.1) is 11.3 Å². The number of carbonyl (C=O) groups is 1. The third-order valence-corrected chi connectivity index (χ3v) is 3.31. The Morgan fingerprint density at radius 1 is 1.35 bits per heavy atom. The van der Waals surface area contributed by atoms with Crippen LogP contribution in [0.5, 0.6) is 0 Å². The fourth-order valence-corrected chi connectivity index (χ4v) is 2.21. The first-order valence-electron chi connectivity index (χ1n) is 5.45. The van der Waals surface area contributed by atoms with Crippen molar-refractivity contribution >= 4 is 23.0 Å². The van der Waals surface area contributed by atoms with Crippen LogP contribution in [-0.2, 0) is 12.7 Å². The topological polar surface area (TPSA) is 62.2 Å². The van der Waals surface area contributed by atoms with Gasteiger partial charge in [-0.05, 0) is 12.1 Å². The largest absolute Gasteiger partial charge is 0.476 e. The molecule has 0 fully saturated rings. The zero-order valence-corrected chi connectivity index (χ0v) is 10.8. The van der Waals surface area contributed by atoms with Crippen LogP contribution < -0.4 is 5.32 Å². The Morgan fingerprint density at radius 3 is 2.65 bits per heavy atom. The second-order valence-corrected chi connectivity index (χ2v) is 4.70. The molecule has 0 saturated heterocycles. The van der Waals surface area contributed by atoms with Crippen LogP contribution in [-0.4, -0.2) is 16.1 Å². The lowest BCUT2D eigenvalue weighted by Gasteiger charge is -2.13. The van der Waals surface area contributed by atoms with Crippen LogP contribution in [0.4, 0.5) is 18.9 Å². The van der Waals surface area contributed by atoms with Gasteiger partial charge >= 0.3 is 12.1 Å². The van der Waals surface area contributed by atoms with Crippen LogP contribution in [0.15, 0.2) is 29.6 Å². The van der Waals surface area contributed by atoms with E-state index in [0.29, 0.717) is 5.69 Å². The van der Waals surface area contributed by atoms with Gasteiger partial charge in [-0.3, -0.25) is 0 Å². The van der Waals surface area contributed by atoms with Gasteiger partial charge in [0.05, 0.1) is 17.8 Å². The maximum absolute atomic E-state index is 12.8. The molecule has 20 heavy (non-hydrogen) atoms. The molecular formula is C12H9F3N2O2S. The number of carboxylic acid groups (broad SMARTS) is 1. The zero-order chi connectivity index (χ0) is 14.8. The van der Waals surface area contributed by atoms with Crippen LogP contribution in [0.3, 0.4) is 0 Å². The van der Waals surface area contributed by atoms with Gasteiger partial charge < -0.3 is 10.4 Å². The van der Waals surface area contributed by atoms with Crippen molar-refractivity contribution < 1.29 is 23.1 Å². The Bertz CT molecular complexity index is 625. The van der Waals surface area contributed by atoms with Gasteiger partial charge in [0.15, 0.2) is 0 Å². The standard InChI is InChI=1S/C12H9F3N2O2S/c13-12(14,15)8-3-1-2-4-9(8)16-5-7-6-20-10(17-7)11(18)19/h1-4,6,16H,5H2,(H,18,19). The molecule has 0 aliphatic heterocycles. The first-order valence-corrected chi connectivity index (χ1v) is 6.33. The van der Waals surface area contributed by atoms with E-state index >= 15 is 0 Å². The van der Waals surface area contributed by atoms with Crippen molar-refractivity contribution in [3.63, 3.8) is 0 Å². The Morgan fingerprint density at radius 2 is 2.05 bits per heavy atom. The predicted octanol–water partition coefficient (Wildman–Crippen LogP) is 3.47. The number of halogens is 3. The summed E-state index contributed by atoms with van der Waals surface area (Å²) in [6.07, 6.45) is -4.45. The SMILES string of the molecule is O=C(O)c1nc(CNc2ccccc2C(F)(F)F)cs1. The van der Waals surface area contributed by atoms with Gasteiger partial charge in [-0.25, -0.2) is 9.78 Å². The van der Waals surface area contributed by atoms with Gasteiger partial charge in [-0.1, -0.05) is 12.1 Å². The fraction of sp³-hybridized carbons (Fsp3) is 0.167. The number of thiazole rings is 1. The van der Waals surface area contributed by atoms with Gasteiger partial charge in [0, 0.05) is 11.1 Å². The molecule has 1 aromatic carbocycles. The molecule has 2 rings (SSSR count). The van der Waals surface area contributed by atoms with Crippen molar-refractivity contribution in [3.8, 4) is 0 Å². The van der Waals surface area contributed by atoms with Crippen molar-refractivity contribution in [2.75, 3.05) is 5.32 Å². The Balaban J connectivity index is 2.13. The van der Waals surface area contributed by atoms with E-state index in [-0.39, 0.29) is 17.2 Å². The molecule has 0 unspecified atom stereocenters. The van der Waals surface area contributed by atoms with E-state index in [1.165, 1.54) is 23.6 Å². The highest BCUT2D eigenvalue weighted by atomic mass is 32.1. The average molecular weight is 302 g/mol. The molecule has 1 aromatic heterocycles. The lowest BCUT2D eigenvalue weighted by molar-refractivity contribution is -0.137. The molecule has 1 heterocycles. The molecule has 0 aliphatic carbocycles. The number of carboxylic acids is 1. The molecular weight excluding hydrogens is 293 g/mol. The smallest absolute Gasteiger partial charge is 0.418 e. The Kier molecular flexibility index (Phi) is 3.93. The average Bonchev–Trinajstić information content (AvgIpc) is 2.84. The van der Waals surface area contributed by atoms with Crippen LogP contribution in [0.1, 0.15) is 21.1 Å². The van der Waals surface area contributed by atoms with Crippen molar-refractivity contribution in [3.05, 3.63) is 45.9 Å². The summed E-state index contributed by atoms with van der Waals surface area (Å²) in [5.41, 5.74) is -0.456. The van der Waals surface area contributed by atoms with Crippen LogP contribution in [0.2, 0.25) is 0 Å². The van der Waals surface area contributed by atoms with E-state index in [2.05, 4.69) is 10.3 Å². The number of aromatic nitrogens is 1. The minimum Gasteiger partial charge on any atom is -0.476 e. The molecule has 0 spiro atoms. The van der Waals surface area contributed by atoms with E-state index < -0.39 is 17.7 Å². The van der Waals surface area contributed by atoms with Gasteiger partial charge in [0.2, 0.25) is 5.01 Å². The number of anilines is 1. The zero-order valence-electron chi connectivity index (χ0n) is 9.94. The first kappa shape index (κ1) is 14.3. The lowest BCUT2D eigenvalue weighted by atomic mass is 10.1. The van der Waals surface area contributed by atoms with Gasteiger partial charge in [-0.2, -0.15) is 13.2 Å². The number of hydrogen-bond acceptors (Lipinski definition) is 4. The van der Waals surface area contributed by atoms with Crippen LogP contribution in [0.25, 0.3) is 0 Å². The highest BCUT2D eigenvalue weighted by molar-refractivity contribution is 7.11. The number of rotatable bonds is 4. The highest BCUT2D eigenvalue weighted by Crippen LogP contribution is 2.34. The Labute approximate surface area is 115 Å². The maximum Gasteiger partial charge on any atom is 0.418 e. The number of aromatic carboxylic acids is 1. The van der Waals surface area contributed by atoms with Crippen LogP contribution in [0, 0.1) is 0 Å². The highest BCUT2D eigenvalue weighted by Gasteiger charge is 2.33. The molecule has 4 nitrogen and oxygen atoms in total. The molecule has 0 amide bonds. The van der Waals surface area contributed by atoms with E-state index in [1.807, 2.05) is 0 Å². The van der Waals surface area contributed by atoms with Gasteiger partial charge in [0.1, 0.15) is 0 Å². The van der Waals surface area contributed by atoms with E-state index in [0.717, 1.165) is 17.4 Å². The summed E-state index contributed by atoms with van der Waals surface area (Å²) in [6, 6.07) is 5.08. The predicted molar refractivity (Wildman–Crippen MR) is 67.8 cm³/mol. The quantitative estimate of drug-likeness (QED) is 0.907. The molecule has 0 bridgehead atoms. The van der Waals surface area contributed by atoms with E-state index in [4.69, 9.17) is 5.11 Å². The first-order chi connectivity index (χ1) is 9.38. The number of para-hydroxylation sites is 1. The molecule has 106 valence electrons. The molecule has 0 aliphatic rings. The second-order valence-electron chi connectivity index (χ2n) is 3.85. The van der Waals surface area contributed by atoms with Crippen LogP contribution >= 0.6 is 11.3 Å².